The lowest BCUT2D eigenvalue weighted by Gasteiger charge is -2.14. The SMILES string of the molecule is COc1cc(NCc2cc(C#N)cs2)cc(OC)c1OC. The van der Waals surface area contributed by atoms with E-state index in [1.165, 1.54) is 0 Å². The Bertz CT molecular complexity index is 636. The van der Waals surface area contributed by atoms with Crippen LogP contribution in [0, 0.1) is 11.3 Å². The van der Waals surface area contributed by atoms with E-state index in [2.05, 4.69) is 11.4 Å². The Morgan fingerprint density at radius 2 is 1.76 bits per heavy atom. The van der Waals surface area contributed by atoms with Crippen LogP contribution in [0.2, 0.25) is 0 Å². The van der Waals surface area contributed by atoms with Gasteiger partial charge in [-0.1, -0.05) is 0 Å². The van der Waals surface area contributed by atoms with Crippen molar-refractivity contribution in [2.45, 2.75) is 6.54 Å². The van der Waals surface area contributed by atoms with Gasteiger partial charge in [-0.3, -0.25) is 0 Å². The summed E-state index contributed by atoms with van der Waals surface area (Å²) in [5.41, 5.74) is 1.54. The van der Waals surface area contributed by atoms with Gasteiger partial charge in [0.05, 0.1) is 26.9 Å². The second-order valence-corrected chi connectivity index (χ2v) is 5.18. The van der Waals surface area contributed by atoms with Crippen molar-refractivity contribution in [3.8, 4) is 23.3 Å². The standard InChI is InChI=1S/C15H16N2O3S/c1-18-13-5-11(6-14(19-2)15(13)20-3)17-8-12-4-10(7-16)9-21-12/h4-6,9,17H,8H2,1-3H3. The number of ether oxygens (including phenoxy) is 3. The first-order chi connectivity index (χ1) is 10.2. The largest absolute Gasteiger partial charge is 0.493 e. The third-order valence-corrected chi connectivity index (χ3v) is 3.85. The van der Waals surface area contributed by atoms with Gasteiger partial charge in [-0.25, -0.2) is 0 Å². The van der Waals surface area contributed by atoms with Crippen LogP contribution in [0.3, 0.4) is 0 Å². The van der Waals surface area contributed by atoms with E-state index in [9.17, 15) is 0 Å². The van der Waals surface area contributed by atoms with Gasteiger partial charge in [0.1, 0.15) is 6.07 Å². The zero-order chi connectivity index (χ0) is 15.2. The first-order valence-electron chi connectivity index (χ1n) is 6.23. The molecule has 110 valence electrons. The molecule has 0 fully saturated rings. The highest BCUT2D eigenvalue weighted by Crippen LogP contribution is 2.40. The van der Waals surface area contributed by atoms with Crippen LogP contribution in [0.4, 0.5) is 5.69 Å². The molecule has 1 N–H and O–H groups in total. The molecule has 0 unspecified atom stereocenters. The average Bonchev–Trinajstić information content (AvgIpc) is 2.99. The molecule has 0 aliphatic carbocycles. The molecule has 6 heteroatoms. The zero-order valence-corrected chi connectivity index (χ0v) is 12.9. The van der Waals surface area contributed by atoms with Crippen molar-refractivity contribution in [1.29, 1.82) is 5.26 Å². The maximum absolute atomic E-state index is 8.82. The minimum Gasteiger partial charge on any atom is -0.493 e. The van der Waals surface area contributed by atoms with Gasteiger partial charge in [-0.15, -0.1) is 11.3 Å². The van der Waals surface area contributed by atoms with Crippen LogP contribution in [0.1, 0.15) is 10.4 Å². The smallest absolute Gasteiger partial charge is 0.203 e. The van der Waals surface area contributed by atoms with E-state index in [-0.39, 0.29) is 0 Å². The van der Waals surface area contributed by atoms with Gasteiger partial charge >= 0.3 is 0 Å². The molecule has 0 radical (unpaired) electrons. The van der Waals surface area contributed by atoms with Gasteiger partial charge in [0.25, 0.3) is 0 Å². The topological polar surface area (TPSA) is 63.5 Å². The highest BCUT2D eigenvalue weighted by Gasteiger charge is 2.13. The van der Waals surface area contributed by atoms with Gasteiger partial charge in [0.2, 0.25) is 5.75 Å². The molecule has 1 aromatic heterocycles. The summed E-state index contributed by atoms with van der Waals surface area (Å²) < 4.78 is 15.9. The van der Waals surface area contributed by atoms with Crippen LogP contribution in [0.25, 0.3) is 0 Å². The van der Waals surface area contributed by atoms with Crippen molar-refractivity contribution in [2.75, 3.05) is 26.6 Å². The van der Waals surface area contributed by atoms with Crippen molar-refractivity contribution < 1.29 is 14.2 Å². The summed E-state index contributed by atoms with van der Waals surface area (Å²) in [6.07, 6.45) is 0. The monoisotopic (exact) mass is 304 g/mol. The molecular formula is C15H16N2O3S. The van der Waals surface area contributed by atoms with Crippen LogP contribution in [-0.2, 0) is 6.54 Å². The minimum absolute atomic E-state index is 0.563. The molecule has 0 saturated carbocycles. The number of rotatable bonds is 6. The normalized spacial score (nSPS) is 9.81. The summed E-state index contributed by atoms with van der Waals surface area (Å²) in [5, 5.41) is 13.9. The Morgan fingerprint density at radius 1 is 1.10 bits per heavy atom. The molecule has 1 heterocycles. The van der Waals surface area contributed by atoms with Crippen molar-refractivity contribution in [2.24, 2.45) is 0 Å². The summed E-state index contributed by atoms with van der Waals surface area (Å²) >= 11 is 1.55. The Balaban J connectivity index is 2.18. The molecule has 0 atom stereocenters. The number of benzene rings is 1. The molecule has 0 spiro atoms. The fourth-order valence-corrected chi connectivity index (χ4v) is 2.65. The van der Waals surface area contributed by atoms with Gasteiger partial charge < -0.3 is 19.5 Å². The molecular weight excluding hydrogens is 288 g/mol. The predicted octanol–water partition coefficient (Wildman–Crippen LogP) is 3.26. The molecule has 0 bridgehead atoms. The van der Waals surface area contributed by atoms with Gasteiger partial charge in [-0.2, -0.15) is 5.26 Å². The molecule has 0 aliphatic rings. The lowest BCUT2D eigenvalue weighted by Crippen LogP contribution is -2.00. The summed E-state index contributed by atoms with van der Waals surface area (Å²) in [6.45, 7) is 0.630. The fourth-order valence-electron chi connectivity index (χ4n) is 1.90. The molecule has 0 saturated heterocycles. The van der Waals surface area contributed by atoms with Crippen LogP contribution in [-0.4, -0.2) is 21.3 Å². The maximum Gasteiger partial charge on any atom is 0.203 e. The van der Waals surface area contributed by atoms with E-state index in [0.717, 1.165) is 10.6 Å². The summed E-state index contributed by atoms with van der Waals surface area (Å²) in [6, 6.07) is 7.69. The van der Waals surface area contributed by atoms with E-state index in [1.807, 2.05) is 23.6 Å². The third-order valence-electron chi connectivity index (χ3n) is 2.91. The number of nitrogens with one attached hydrogen (secondary N) is 1. The highest BCUT2D eigenvalue weighted by atomic mass is 32.1. The lowest BCUT2D eigenvalue weighted by atomic mass is 10.2. The number of methoxy groups -OCH3 is 3. The predicted molar refractivity (Wildman–Crippen MR) is 82.5 cm³/mol. The number of nitrogens with zero attached hydrogens (tertiary/aromatic N) is 1. The minimum atomic E-state index is 0.563. The van der Waals surface area contributed by atoms with Crippen LogP contribution < -0.4 is 19.5 Å². The maximum atomic E-state index is 8.82. The summed E-state index contributed by atoms with van der Waals surface area (Å²) in [5.74, 6) is 1.76. The van der Waals surface area contributed by atoms with Crippen molar-refractivity contribution >= 4 is 17.0 Å². The lowest BCUT2D eigenvalue weighted by molar-refractivity contribution is 0.324. The second-order valence-electron chi connectivity index (χ2n) is 4.18. The second kappa shape index (κ2) is 6.86. The Morgan fingerprint density at radius 3 is 2.24 bits per heavy atom. The Kier molecular flexibility index (Phi) is 4.90. The molecule has 5 nitrogen and oxygen atoms in total. The number of nitriles is 1. The average molecular weight is 304 g/mol. The number of thiophene rings is 1. The summed E-state index contributed by atoms with van der Waals surface area (Å²) in [4.78, 5) is 1.08. The third kappa shape index (κ3) is 3.38. The van der Waals surface area contributed by atoms with Crippen molar-refractivity contribution in [1.82, 2.24) is 0 Å². The van der Waals surface area contributed by atoms with E-state index >= 15 is 0 Å². The number of hydrogen-bond acceptors (Lipinski definition) is 6. The highest BCUT2D eigenvalue weighted by molar-refractivity contribution is 7.10. The van der Waals surface area contributed by atoms with Crippen molar-refractivity contribution in [3.05, 3.63) is 34.0 Å². The van der Waals surface area contributed by atoms with E-state index < -0.39 is 0 Å². The van der Waals surface area contributed by atoms with E-state index in [4.69, 9.17) is 19.5 Å². The molecule has 2 aromatic rings. The van der Waals surface area contributed by atoms with Crippen LogP contribution in [0.15, 0.2) is 23.6 Å². The van der Waals surface area contributed by atoms with Crippen LogP contribution >= 0.6 is 11.3 Å². The zero-order valence-electron chi connectivity index (χ0n) is 12.1. The van der Waals surface area contributed by atoms with Crippen molar-refractivity contribution in [3.63, 3.8) is 0 Å². The molecule has 0 amide bonds. The van der Waals surface area contributed by atoms with Gasteiger partial charge in [-0.05, 0) is 6.07 Å². The molecule has 2 rings (SSSR count). The molecule has 0 aliphatic heterocycles. The Hall–Kier alpha value is -2.39. The van der Waals surface area contributed by atoms with E-state index in [0.29, 0.717) is 29.4 Å². The summed E-state index contributed by atoms with van der Waals surface area (Å²) in [7, 11) is 4.74. The van der Waals surface area contributed by atoms with Gasteiger partial charge in [0.15, 0.2) is 11.5 Å². The quantitative estimate of drug-likeness (QED) is 0.887. The first kappa shape index (κ1) is 15.0. The Labute approximate surface area is 127 Å². The fraction of sp³-hybridized carbons (Fsp3) is 0.267. The molecule has 21 heavy (non-hydrogen) atoms. The number of hydrogen-bond donors (Lipinski definition) is 1. The molecule has 1 aromatic carbocycles. The van der Waals surface area contributed by atoms with E-state index in [1.54, 1.807) is 32.7 Å². The number of anilines is 1. The van der Waals surface area contributed by atoms with Crippen LogP contribution in [0.5, 0.6) is 17.2 Å². The first-order valence-corrected chi connectivity index (χ1v) is 7.11. The van der Waals surface area contributed by atoms with Gasteiger partial charge in [0, 0.05) is 34.6 Å².